The van der Waals surface area contributed by atoms with Crippen LogP contribution in [0.15, 0.2) is 0 Å². The van der Waals surface area contributed by atoms with Crippen LogP contribution in [0.2, 0.25) is 0 Å². The van der Waals surface area contributed by atoms with Gasteiger partial charge in [-0.2, -0.15) is 10.8 Å². The third-order valence-corrected chi connectivity index (χ3v) is 0. The maximum atomic E-state index is 3.77. The van der Waals surface area contributed by atoms with Gasteiger partial charge in [0.15, 0.2) is 0 Å². The molecule has 0 saturated carbocycles. The summed E-state index contributed by atoms with van der Waals surface area (Å²) in [6.45, 7) is 20.0. The maximum Gasteiger partial charge on any atom is 2.00 e. The first-order chi connectivity index (χ1) is 4.00. The summed E-state index contributed by atoms with van der Waals surface area (Å²) in [5.74, 6) is 0. The molecule has 0 aliphatic heterocycles. The minimum absolute atomic E-state index is 0. The van der Waals surface area contributed by atoms with Crippen molar-refractivity contribution < 1.29 is 16.5 Å². The van der Waals surface area contributed by atoms with Crippen molar-refractivity contribution >= 4 is 0 Å². The van der Waals surface area contributed by atoms with Gasteiger partial charge in [0.2, 0.25) is 0 Å². The molecule has 0 aromatic rings. The molecule has 0 heterocycles. The molecule has 1 heteroatoms. The quantitative estimate of drug-likeness (QED) is 0.413. The second-order valence-corrected chi connectivity index (χ2v) is 5.12. The van der Waals surface area contributed by atoms with E-state index < -0.39 is 0 Å². The van der Waals surface area contributed by atoms with Crippen molar-refractivity contribution in [2.24, 2.45) is 10.8 Å². The van der Waals surface area contributed by atoms with Crippen molar-refractivity contribution in [3.8, 4) is 0 Å². The minimum atomic E-state index is 0. The van der Waals surface area contributed by atoms with Crippen LogP contribution in [-0.2, 0) is 16.5 Å². The van der Waals surface area contributed by atoms with Crippen molar-refractivity contribution in [1.82, 2.24) is 0 Å². The van der Waals surface area contributed by atoms with Gasteiger partial charge in [0, 0.05) is 0 Å². The Morgan fingerprint density at radius 3 is 0.636 bits per heavy atom. The topological polar surface area (TPSA) is 0 Å². The molecule has 0 aromatic heterocycles. The molecule has 0 amide bonds. The Morgan fingerprint density at radius 2 is 0.636 bits per heavy atom. The van der Waals surface area contributed by atoms with E-state index >= 15 is 0 Å². The summed E-state index contributed by atoms with van der Waals surface area (Å²) < 4.78 is 0. The van der Waals surface area contributed by atoms with E-state index in [2.05, 4.69) is 55.4 Å². The van der Waals surface area contributed by atoms with Gasteiger partial charge in [-0.05, 0) is 0 Å². The molecule has 0 aliphatic rings. The molecule has 0 bridgehead atoms. The number of hydrogen-bond donors (Lipinski definition) is 0. The van der Waals surface area contributed by atoms with Gasteiger partial charge in [-0.3, -0.25) is 0 Å². The number of hydrogen-bond acceptors (Lipinski definition) is 0. The van der Waals surface area contributed by atoms with Crippen LogP contribution < -0.4 is 0 Å². The van der Waals surface area contributed by atoms with Crippen LogP contribution in [0.3, 0.4) is 0 Å². The maximum absolute atomic E-state index is 3.77. The Bertz CT molecular complexity index is 47.9. The molecule has 0 fully saturated rings. The SMILES string of the molecule is [CH2-]C(C)(C)C.[CH2-]C(C)(C)C.[Ni+2]. The van der Waals surface area contributed by atoms with Gasteiger partial charge < -0.3 is 13.8 Å². The Balaban J connectivity index is -0.000000107. The van der Waals surface area contributed by atoms with Gasteiger partial charge >= 0.3 is 16.5 Å². The van der Waals surface area contributed by atoms with E-state index in [0.29, 0.717) is 0 Å². The van der Waals surface area contributed by atoms with Crippen LogP contribution >= 0.6 is 0 Å². The molecule has 0 saturated heterocycles. The largest absolute Gasteiger partial charge is 2.00 e. The van der Waals surface area contributed by atoms with Crippen molar-refractivity contribution in [3.05, 3.63) is 13.8 Å². The van der Waals surface area contributed by atoms with E-state index in [1.807, 2.05) is 0 Å². The first-order valence-electron chi connectivity index (χ1n) is 3.71. The summed E-state index contributed by atoms with van der Waals surface area (Å²) in [4.78, 5) is 0. The summed E-state index contributed by atoms with van der Waals surface area (Å²) in [5, 5.41) is 0. The summed E-state index contributed by atoms with van der Waals surface area (Å²) in [6, 6.07) is 0. The normalized spacial score (nSPS) is 10.9. The first kappa shape index (κ1) is 17.5. The van der Waals surface area contributed by atoms with Gasteiger partial charge in [0.1, 0.15) is 0 Å². The average molecular weight is 201 g/mol. The predicted octanol–water partition coefficient (Wildman–Crippen LogP) is 3.73. The second kappa shape index (κ2) is 6.06. The van der Waals surface area contributed by atoms with Crippen molar-refractivity contribution in [2.45, 2.75) is 41.5 Å². The van der Waals surface area contributed by atoms with Crippen LogP contribution in [0.5, 0.6) is 0 Å². The number of rotatable bonds is 0. The molecule has 0 spiro atoms. The van der Waals surface area contributed by atoms with E-state index in [4.69, 9.17) is 0 Å². The third kappa shape index (κ3) is 3110. The fourth-order valence-corrected chi connectivity index (χ4v) is 0. The van der Waals surface area contributed by atoms with Gasteiger partial charge in [-0.15, -0.1) is 0 Å². The van der Waals surface area contributed by atoms with Crippen LogP contribution in [0, 0.1) is 24.7 Å². The zero-order valence-electron chi connectivity index (χ0n) is 8.73. The van der Waals surface area contributed by atoms with Crippen molar-refractivity contribution in [3.63, 3.8) is 0 Å². The standard InChI is InChI=1S/2C5H11.Ni/c2*1-5(2,3)4;/h2*1H2,2-4H3;/q2*-1;+2. The molecule has 0 atom stereocenters. The molecular weight excluding hydrogens is 179 g/mol. The minimum Gasteiger partial charge on any atom is -0.338 e. The van der Waals surface area contributed by atoms with Crippen LogP contribution in [0.4, 0.5) is 0 Å². The van der Waals surface area contributed by atoms with Crippen LogP contribution in [0.1, 0.15) is 41.5 Å². The van der Waals surface area contributed by atoms with E-state index in [0.717, 1.165) is 0 Å². The Kier molecular flexibility index (Phi) is 9.66. The van der Waals surface area contributed by atoms with Crippen molar-refractivity contribution in [1.29, 1.82) is 0 Å². The molecule has 11 heavy (non-hydrogen) atoms. The monoisotopic (exact) mass is 200 g/mol. The summed E-state index contributed by atoms with van der Waals surface area (Å²) in [5.41, 5.74) is 0.500. The molecule has 0 aromatic carbocycles. The fourth-order valence-electron chi connectivity index (χ4n) is 0. The zero-order valence-corrected chi connectivity index (χ0v) is 9.72. The summed E-state index contributed by atoms with van der Waals surface area (Å²) in [6.07, 6.45) is 0. The van der Waals surface area contributed by atoms with E-state index in [9.17, 15) is 0 Å². The van der Waals surface area contributed by atoms with Gasteiger partial charge in [0.25, 0.3) is 0 Å². The smallest absolute Gasteiger partial charge is 0.338 e. The molecule has 0 N–H and O–H groups in total. The van der Waals surface area contributed by atoms with Crippen LogP contribution in [-0.4, -0.2) is 0 Å². The molecule has 72 valence electrons. The van der Waals surface area contributed by atoms with Crippen LogP contribution in [0.25, 0.3) is 0 Å². The van der Waals surface area contributed by atoms with Crippen molar-refractivity contribution in [2.75, 3.05) is 0 Å². The Labute approximate surface area is 83.1 Å². The summed E-state index contributed by atoms with van der Waals surface area (Å²) >= 11 is 0. The molecular formula is C10H22Ni. The van der Waals surface area contributed by atoms with E-state index in [1.165, 1.54) is 0 Å². The molecule has 0 nitrogen and oxygen atoms in total. The van der Waals surface area contributed by atoms with Gasteiger partial charge in [-0.25, -0.2) is 0 Å². The first-order valence-corrected chi connectivity index (χ1v) is 3.71. The van der Waals surface area contributed by atoms with Gasteiger partial charge in [-0.1, -0.05) is 41.5 Å². The third-order valence-electron chi connectivity index (χ3n) is 0. The Morgan fingerprint density at radius 1 is 0.636 bits per heavy atom. The fraction of sp³-hybridized carbons (Fsp3) is 0.800. The molecule has 0 radical (unpaired) electrons. The summed E-state index contributed by atoms with van der Waals surface area (Å²) in [7, 11) is 0. The molecule has 0 aliphatic carbocycles. The molecule has 0 unspecified atom stereocenters. The second-order valence-electron chi connectivity index (χ2n) is 5.12. The van der Waals surface area contributed by atoms with Gasteiger partial charge in [0.05, 0.1) is 0 Å². The zero-order chi connectivity index (χ0) is 9.00. The predicted molar refractivity (Wildman–Crippen MR) is 49.6 cm³/mol. The van der Waals surface area contributed by atoms with E-state index in [1.54, 1.807) is 0 Å². The van der Waals surface area contributed by atoms with E-state index in [-0.39, 0.29) is 27.3 Å². The molecule has 0 rings (SSSR count). The average Bonchev–Trinajstić information content (AvgIpc) is 1.12. The Hall–Kier alpha value is 0.494.